The first-order chi connectivity index (χ1) is 16.3. The zero-order valence-electron chi connectivity index (χ0n) is 21.1. The summed E-state index contributed by atoms with van der Waals surface area (Å²) >= 11 is 0. The van der Waals surface area contributed by atoms with Crippen molar-refractivity contribution in [1.29, 1.82) is 0 Å². The van der Waals surface area contributed by atoms with Crippen LogP contribution in [0.4, 0.5) is 46.5 Å². The van der Waals surface area contributed by atoms with Crippen LogP contribution in [0.5, 0.6) is 0 Å². The number of nitrogens with two attached hydrogens (primary N) is 2. The van der Waals surface area contributed by atoms with Crippen LogP contribution in [0.3, 0.4) is 0 Å². The molecule has 0 bridgehead atoms. The number of rotatable bonds is 9. The third kappa shape index (κ3) is 4.52. The lowest BCUT2D eigenvalue weighted by atomic mass is 9.85. The average Bonchev–Trinajstić information content (AvgIpc) is 2.78. The second-order valence-electron chi connectivity index (χ2n) is 9.59. The van der Waals surface area contributed by atoms with E-state index in [0.29, 0.717) is 24.3 Å². The summed E-state index contributed by atoms with van der Waals surface area (Å²) in [5.74, 6) is -25.3. The highest BCUT2D eigenvalue weighted by Gasteiger charge is 2.81. The van der Waals surface area contributed by atoms with Gasteiger partial charge in [-0.1, -0.05) is 41.5 Å². The van der Waals surface area contributed by atoms with Gasteiger partial charge in [-0.2, -0.15) is 35.1 Å². The first kappa shape index (κ1) is 29.7. The zero-order valence-corrected chi connectivity index (χ0v) is 21.1. The van der Waals surface area contributed by atoms with Crippen LogP contribution in [0.2, 0.25) is 0 Å². The van der Waals surface area contributed by atoms with Crippen molar-refractivity contribution >= 4 is 11.4 Å². The molecule has 0 aliphatic rings. The van der Waals surface area contributed by atoms with Crippen LogP contribution in [0.15, 0.2) is 24.3 Å². The highest BCUT2D eigenvalue weighted by atomic mass is 19.4. The Morgan fingerprint density at radius 1 is 0.583 bits per heavy atom. The lowest BCUT2D eigenvalue weighted by Gasteiger charge is -2.38. The van der Waals surface area contributed by atoms with Crippen molar-refractivity contribution in [3.63, 3.8) is 0 Å². The van der Waals surface area contributed by atoms with Gasteiger partial charge in [0.05, 0.1) is 0 Å². The first-order valence-corrected chi connectivity index (χ1v) is 11.7. The minimum Gasteiger partial charge on any atom is -0.398 e. The molecule has 0 aliphatic heterocycles. The largest absolute Gasteiger partial charge is 0.398 e. The Morgan fingerprint density at radius 2 is 0.861 bits per heavy atom. The van der Waals surface area contributed by atoms with Gasteiger partial charge >= 0.3 is 23.7 Å². The molecule has 2 aromatic carbocycles. The Kier molecular flexibility index (Phi) is 8.04. The molecule has 10 heteroatoms. The summed E-state index contributed by atoms with van der Waals surface area (Å²) in [7, 11) is 0. The van der Waals surface area contributed by atoms with Crippen molar-refractivity contribution < 1.29 is 35.1 Å². The molecule has 0 aromatic heterocycles. The predicted molar refractivity (Wildman–Crippen MR) is 126 cm³/mol. The number of nitrogen functional groups attached to an aromatic ring is 2. The molecule has 36 heavy (non-hydrogen) atoms. The summed E-state index contributed by atoms with van der Waals surface area (Å²) in [4.78, 5) is 0. The van der Waals surface area contributed by atoms with Crippen LogP contribution in [-0.2, 0) is 24.7 Å². The summed E-state index contributed by atoms with van der Waals surface area (Å²) in [5, 5.41) is 0. The lowest BCUT2D eigenvalue weighted by Crippen LogP contribution is -2.59. The molecule has 0 saturated heterocycles. The van der Waals surface area contributed by atoms with Crippen LogP contribution in [0.25, 0.3) is 0 Å². The summed E-state index contributed by atoms with van der Waals surface area (Å²) in [5.41, 5.74) is 9.04. The number of hydrogen-bond acceptors (Lipinski definition) is 2. The number of hydrogen-bond donors (Lipinski definition) is 2. The van der Waals surface area contributed by atoms with Crippen LogP contribution in [-0.4, -0.2) is 11.8 Å². The third-order valence-corrected chi connectivity index (χ3v) is 6.51. The Bertz CT molecular complexity index is 1020. The molecular weight excluding hydrogens is 492 g/mol. The van der Waals surface area contributed by atoms with Crippen molar-refractivity contribution in [3.05, 3.63) is 57.6 Å². The summed E-state index contributed by atoms with van der Waals surface area (Å²) in [6, 6.07) is 2.30. The molecule has 0 saturated carbocycles. The summed E-state index contributed by atoms with van der Waals surface area (Å²) in [6.07, 6.45) is 0.0770. The molecule has 0 heterocycles. The third-order valence-electron chi connectivity index (χ3n) is 6.51. The number of alkyl halides is 8. The summed E-state index contributed by atoms with van der Waals surface area (Å²) in [6.45, 7) is 9.22. The van der Waals surface area contributed by atoms with Crippen LogP contribution in [0.1, 0.15) is 86.8 Å². The van der Waals surface area contributed by atoms with E-state index in [9.17, 15) is 0 Å². The smallest absolute Gasteiger partial charge is 0.382 e. The molecule has 0 atom stereocenters. The normalized spacial score (nSPS) is 13.7. The van der Waals surface area contributed by atoms with E-state index in [1.807, 2.05) is 0 Å². The van der Waals surface area contributed by atoms with E-state index >= 15 is 35.1 Å². The van der Waals surface area contributed by atoms with Gasteiger partial charge in [0.1, 0.15) is 0 Å². The Hall–Kier alpha value is -2.52. The number of benzene rings is 2. The lowest BCUT2D eigenvalue weighted by molar-refractivity contribution is -0.374. The average molecular weight is 525 g/mol. The fourth-order valence-corrected chi connectivity index (χ4v) is 4.14. The van der Waals surface area contributed by atoms with Crippen molar-refractivity contribution in [3.8, 4) is 0 Å². The molecule has 2 rings (SSSR count). The molecule has 0 aliphatic carbocycles. The fourth-order valence-electron chi connectivity index (χ4n) is 4.14. The predicted octanol–water partition coefficient (Wildman–Crippen LogP) is 8.38. The first-order valence-electron chi connectivity index (χ1n) is 11.7. The number of anilines is 2. The Morgan fingerprint density at radius 3 is 1.08 bits per heavy atom. The minimum absolute atomic E-state index is 0.0226. The molecule has 0 unspecified atom stereocenters. The molecule has 0 fully saturated rings. The maximum Gasteiger partial charge on any atom is 0.382 e. The van der Waals surface area contributed by atoms with Crippen LogP contribution < -0.4 is 11.5 Å². The van der Waals surface area contributed by atoms with E-state index < -0.39 is 46.7 Å². The van der Waals surface area contributed by atoms with Gasteiger partial charge in [-0.25, -0.2) is 0 Å². The van der Waals surface area contributed by atoms with Gasteiger partial charge in [-0.05, 0) is 71.2 Å². The highest BCUT2D eigenvalue weighted by Crippen LogP contribution is 2.59. The van der Waals surface area contributed by atoms with Gasteiger partial charge in [-0.15, -0.1) is 0 Å². The van der Waals surface area contributed by atoms with Gasteiger partial charge in [0.15, 0.2) is 0 Å². The van der Waals surface area contributed by atoms with E-state index in [1.54, 1.807) is 27.7 Å². The van der Waals surface area contributed by atoms with Crippen molar-refractivity contribution in [2.45, 2.75) is 89.9 Å². The topological polar surface area (TPSA) is 52.0 Å². The maximum atomic E-state index is 15.2. The SMILES string of the molecule is CCc1cc(C(F)(F)C(F)(F)C(F)(F)C(F)(F)c2cc(CC)c(N)c(C(C)C)c2)cc(C(C)C)c1N. The van der Waals surface area contributed by atoms with Gasteiger partial charge in [0.25, 0.3) is 0 Å². The molecule has 2 aromatic rings. The van der Waals surface area contributed by atoms with E-state index in [0.717, 1.165) is 0 Å². The Balaban J connectivity index is 2.75. The van der Waals surface area contributed by atoms with E-state index in [1.165, 1.54) is 13.8 Å². The molecule has 0 amide bonds. The van der Waals surface area contributed by atoms with Gasteiger partial charge in [0.2, 0.25) is 0 Å². The summed E-state index contributed by atoms with van der Waals surface area (Å²) < 4.78 is 121. The Labute approximate surface area is 206 Å². The second-order valence-corrected chi connectivity index (χ2v) is 9.59. The quantitative estimate of drug-likeness (QED) is 0.256. The van der Waals surface area contributed by atoms with Crippen LogP contribution >= 0.6 is 0 Å². The molecule has 0 spiro atoms. The van der Waals surface area contributed by atoms with Gasteiger partial charge in [0, 0.05) is 22.5 Å². The van der Waals surface area contributed by atoms with Crippen molar-refractivity contribution in [2.75, 3.05) is 11.5 Å². The molecule has 0 radical (unpaired) electrons. The standard InChI is InChI=1S/C26H32F8N2/c1-7-15-9-17(11-19(13(3)4)21(15)35)23(27,28)25(31,32)26(33,34)24(29,30)18-10-16(8-2)22(36)20(12-18)14(5)6/h9-14H,7-8,35-36H2,1-6H3. The number of aryl methyl sites for hydroxylation is 2. The minimum atomic E-state index is -6.47. The molecule has 4 N–H and O–H groups in total. The van der Waals surface area contributed by atoms with Gasteiger partial charge in [-0.3, -0.25) is 0 Å². The fraction of sp³-hybridized carbons (Fsp3) is 0.538. The van der Waals surface area contributed by atoms with Crippen molar-refractivity contribution in [1.82, 2.24) is 0 Å². The van der Waals surface area contributed by atoms with E-state index in [4.69, 9.17) is 11.5 Å². The molecule has 202 valence electrons. The molecule has 2 nitrogen and oxygen atoms in total. The van der Waals surface area contributed by atoms with Crippen molar-refractivity contribution in [2.24, 2.45) is 0 Å². The monoisotopic (exact) mass is 524 g/mol. The maximum absolute atomic E-state index is 15.2. The highest BCUT2D eigenvalue weighted by molar-refractivity contribution is 5.59. The van der Waals surface area contributed by atoms with E-state index in [2.05, 4.69) is 0 Å². The second kappa shape index (κ2) is 9.74. The molecular formula is C26H32F8N2. The number of halogens is 8. The van der Waals surface area contributed by atoms with E-state index in [-0.39, 0.29) is 46.5 Å². The van der Waals surface area contributed by atoms with Gasteiger partial charge < -0.3 is 11.5 Å². The van der Waals surface area contributed by atoms with Crippen LogP contribution in [0, 0.1) is 0 Å². The zero-order chi connectivity index (χ0) is 28.0.